The fourth-order valence-corrected chi connectivity index (χ4v) is 1.67. The molecule has 0 radical (unpaired) electrons. The molecule has 0 spiro atoms. The van der Waals surface area contributed by atoms with Gasteiger partial charge in [-0.05, 0) is 17.0 Å². The molecule has 1 aliphatic heterocycles. The molecule has 0 atom stereocenters. The quantitative estimate of drug-likeness (QED) is 0.650. The van der Waals surface area contributed by atoms with E-state index in [9.17, 15) is 0 Å². The minimum absolute atomic E-state index is 0.172. The van der Waals surface area contributed by atoms with Crippen LogP contribution in [0.3, 0.4) is 0 Å². The predicted octanol–water partition coefficient (Wildman–Crippen LogP) is 2.89. The zero-order valence-electron chi connectivity index (χ0n) is 9.67. The topological polar surface area (TPSA) is 18.5 Å². The molecule has 1 aromatic carbocycles. The summed E-state index contributed by atoms with van der Waals surface area (Å²) in [6.07, 6.45) is 0. The van der Waals surface area contributed by atoms with Crippen LogP contribution in [-0.2, 0) is 16.8 Å². The van der Waals surface area contributed by atoms with Crippen molar-refractivity contribution in [2.24, 2.45) is 0 Å². The van der Waals surface area contributed by atoms with Gasteiger partial charge < -0.3 is 9.47 Å². The monoisotopic (exact) mass is 206 g/mol. The van der Waals surface area contributed by atoms with E-state index in [2.05, 4.69) is 39.0 Å². The van der Waals surface area contributed by atoms with Crippen molar-refractivity contribution in [2.45, 2.75) is 32.8 Å². The summed E-state index contributed by atoms with van der Waals surface area (Å²) in [4.78, 5) is 0. The molecule has 0 aromatic heterocycles. The van der Waals surface area contributed by atoms with Gasteiger partial charge in [-0.1, -0.05) is 32.9 Å². The number of ether oxygens (including phenoxy) is 2. The van der Waals surface area contributed by atoms with E-state index >= 15 is 0 Å². The SMILES string of the molecule is CC(C)(C)c1ccc2c(c1)OCCOC2. The first-order chi connectivity index (χ1) is 7.07. The Morgan fingerprint density at radius 2 is 1.93 bits per heavy atom. The number of hydrogen-bond acceptors (Lipinski definition) is 2. The highest BCUT2D eigenvalue weighted by Gasteiger charge is 2.17. The van der Waals surface area contributed by atoms with Crippen LogP contribution in [0.2, 0.25) is 0 Å². The molecule has 1 heterocycles. The molecule has 1 aliphatic rings. The molecule has 2 nitrogen and oxygen atoms in total. The maximum atomic E-state index is 5.66. The van der Waals surface area contributed by atoms with Crippen LogP contribution in [0.25, 0.3) is 0 Å². The van der Waals surface area contributed by atoms with Crippen molar-refractivity contribution in [3.05, 3.63) is 29.3 Å². The van der Waals surface area contributed by atoms with Gasteiger partial charge in [0.15, 0.2) is 0 Å². The second-order valence-corrected chi connectivity index (χ2v) is 4.97. The van der Waals surface area contributed by atoms with Crippen molar-refractivity contribution >= 4 is 0 Å². The van der Waals surface area contributed by atoms with E-state index in [1.807, 2.05) is 0 Å². The largest absolute Gasteiger partial charge is 0.491 e. The highest BCUT2D eigenvalue weighted by atomic mass is 16.5. The van der Waals surface area contributed by atoms with Crippen LogP contribution < -0.4 is 4.74 Å². The number of rotatable bonds is 0. The van der Waals surface area contributed by atoms with Crippen molar-refractivity contribution in [3.63, 3.8) is 0 Å². The molecule has 2 rings (SSSR count). The third-order valence-corrected chi connectivity index (χ3v) is 2.68. The molecule has 2 heteroatoms. The number of fused-ring (bicyclic) bond motifs is 1. The summed E-state index contributed by atoms with van der Waals surface area (Å²) in [5.74, 6) is 0.986. The molecule has 82 valence electrons. The molecule has 0 unspecified atom stereocenters. The van der Waals surface area contributed by atoms with E-state index in [1.54, 1.807) is 0 Å². The van der Waals surface area contributed by atoms with E-state index < -0.39 is 0 Å². The second-order valence-electron chi connectivity index (χ2n) is 4.97. The Balaban J connectivity index is 2.36. The van der Waals surface area contributed by atoms with Crippen molar-refractivity contribution in [1.29, 1.82) is 0 Å². The number of hydrogen-bond donors (Lipinski definition) is 0. The summed E-state index contributed by atoms with van der Waals surface area (Å²) in [6.45, 7) is 8.63. The Hall–Kier alpha value is -1.02. The third-order valence-electron chi connectivity index (χ3n) is 2.68. The molecule has 0 saturated heterocycles. The summed E-state index contributed by atoms with van der Waals surface area (Å²) in [6, 6.07) is 6.42. The van der Waals surface area contributed by atoms with E-state index in [-0.39, 0.29) is 5.41 Å². The normalized spacial score (nSPS) is 16.5. The summed E-state index contributed by atoms with van der Waals surface area (Å²) < 4.78 is 11.1. The van der Waals surface area contributed by atoms with Crippen molar-refractivity contribution < 1.29 is 9.47 Å². The van der Waals surface area contributed by atoms with Crippen LogP contribution in [0.5, 0.6) is 5.75 Å². The summed E-state index contributed by atoms with van der Waals surface area (Å²) in [5.41, 5.74) is 2.63. The maximum Gasteiger partial charge on any atom is 0.125 e. The van der Waals surface area contributed by atoms with Crippen LogP contribution in [0.15, 0.2) is 18.2 Å². The van der Waals surface area contributed by atoms with Gasteiger partial charge in [0, 0.05) is 5.56 Å². The Kier molecular flexibility index (Phi) is 2.70. The second kappa shape index (κ2) is 3.86. The summed E-state index contributed by atoms with van der Waals surface area (Å²) in [7, 11) is 0. The van der Waals surface area contributed by atoms with Gasteiger partial charge in [0.2, 0.25) is 0 Å². The minimum Gasteiger partial charge on any atom is -0.491 e. The molecule has 0 saturated carbocycles. The van der Waals surface area contributed by atoms with Crippen molar-refractivity contribution in [1.82, 2.24) is 0 Å². The summed E-state index contributed by atoms with van der Waals surface area (Å²) >= 11 is 0. The van der Waals surface area contributed by atoms with Gasteiger partial charge in [-0.15, -0.1) is 0 Å². The van der Waals surface area contributed by atoms with Crippen LogP contribution in [0, 0.1) is 0 Å². The summed E-state index contributed by atoms with van der Waals surface area (Å²) in [5, 5.41) is 0. The Labute approximate surface area is 91.2 Å². The number of benzene rings is 1. The smallest absolute Gasteiger partial charge is 0.125 e. The lowest BCUT2D eigenvalue weighted by molar-refractivity contribution is 0.107. The van der Waals surface area contributed by atoms with Gasteiger partial charge in [-0.3, -0.25) is 0 Å². The average molecular weight is 206 g/mol. The fourth-order valence-electron chi connectivity index (χ4n) is 1.67. The molecule has 0 aliphatic carbocycles. The molecular weight excluding hydrogens is 188 g/mol. The molecule has 0 N–H and O–H groups in total. The van der Waals surface area contributed by atoms with Crippen molar-refractivity contribution in [3.8, 4) is 5.75 Å². The highest BCUT2D eigenvalue weighted by molar-refractivity contribution is 5.40. The van der Waals surface area contributed by atoms with Crippen LogP contribution >= 0.6 is 0 Å². The van der Waals surface area contributed by atoms with E-state index in [4.69, 9.17) is 9.47 Å². The van der Waals surface area contributed by atoms with Crippen molar-refractivity contribution in [2.75, 3.05) is 13.2 Å². The molecule has 0 fully saturated rings. The van der Waals surface area contributed by atoms with E-state index in [0.717, 1.165) is 11.3 Å². The molecule has 15 heavy (non-hydrogen) atoms. The van der Waals surface area contributed by atoms with Crippen LogP contribution in [-0.4, -0.2) is 13.2 Å². The Morgan fingerprint density at radius 1 is 1.13 bits per heavy atom. The average Bonchev–Trinajstić information content (AvgIpc) is 2.39. The lowest BCUT2D eigenvalue weighted by atomic mass is 9.86. The molecule has 1 aromatic rings. The van der Waals surface area contributed by atoms with Gasteiger partial charge in [0.25, 0.3) is 0 Å². The van der Waals surface area contributed by atoms with Crippen LogP contribution in [0.4, 0.5) is 0 Å². The molecular formula is C13H18O2. The highest BCUT2D eigenvalue weighted by Crippen LogP contribution is 2.29. The zero-order chi connectivity index (χ0) is 10.9. The van der Waals surface area contributed by atoms with Gasteiger partial charge >= 0.3 is 0 Å². The Morgan fingerprint density at radius 3 is 2.67 bits per heavy atom. The first-order valence-electron chi connectivity index (χ1n) is 5.41. The van der Waals surface area contributed by atoms with E-state index in [0.29, 0.717) is 19.8 Å². The van der Waals surface area contributed by atoms with Gasteiger partial charge in [0.05, 0.1) is 13.2 Å². The Bertz CT molecular complexity index is 350. The maximum absolute atomic E-state index is 5.66. The molecule has 0 amide bonds. The standard InChI is InChI=1S/C13H18O2/c1-13(2,3)11-5-4-10-9-14-6-7-15-12(10)8-11/h4-5,8H,6-7,9H2,1-3H3. The van der Waals surface area contributed by atoms with Crippen LogP contribution in [0.1, 0.15) is 31.9 Å². The predicted molar refractivity (Wildman–Crippen MR) is 60.3 cm³/mol. The van der Waals surface area contributed by atoms with Gasteiger partial charge in [0.1, 0.15) is 12.4 Å². The first-order valence-corrected chi connectivity index (χ1v) is 5.41. The third kappa shape index (κ3) is 2.32. The fraction of sp³-hybridized carbons (Fsp3) is 0.538. The first kappa shape index (κ1) is 10.5. The lowest BCUT2D eigenvalue weighted by Crippen LogP contribution is -2.11. The van der Waals surface area contributed by atoms with E-state index in [1.165, 1.54) is 5.56 Å². The zero-order valence-corrected chi connectivity index (χ0v) is 9.67. The lowest BCUT2D eigenvalue weighted by Gasteiger charge is -2.20. The molecule has 0 bridgehead atoms. The van der Waals surface area contributed by atoms with Gasteiger partial charge in [-0.2, -0.15) is 0 Å². The van der Waals surface area contributed by atoms with Gasteiger partial charge in [-0.25, -0.2) is 0 Å². The minimum atomic E-state index is 0.172.